The lowest BCUT2D eigenvalue weighted by Gasteiger charge is -2.23. The molecule has 0 heterocycles. The second-order valence-electron chi connectivity index (χ2n) is 4.86. The fraction of sp³-hybridized carbons (Fsp3) is 0.533. The van der Waals surface area contributed by atoms with Gasteiger partial charge in [-0.25, -0.2) is 0 Å². The van der Waals surface area contributed by atoms with Crippen LogP contribution in [0.4, 0.5) is 0 Å². The molecule has 1 aromatic rings. The predicted octanol–water partition coefficient (Wildman–Crippen LogP) is 1.76. The molecule has 21 heavy (non-hydrogen) atoms. The summed E-state index contributed by atoms with van der Waals surface area (Å²) in [7, 11) is 5.15. The molecule has 1 amide bonds. The van der Waals surface area contributed by atoms with Crippen molar-refractivity contribution in [1.29, 1.82) is 0 Å². The van der Waals surface area contributed by atoms with Gasteiger partial charge in [0.1, 0.15) is 12.4 Å². The molecule has 0 spiro atoms. The van der Waals surface area contributed by atoms with E-state index in [1.807, 2.05) is 17.0 Å². The SMILES string of the molecule is COCCN(CCOc1ccc(Cl)cc1)CC(=O)N(C)C. The van der Waals surface area contributed by atoms with Crippen molar-refractivity contribution in [2.45, 2.75) is 0 Å². The van der Waals surface area contributed by atoms with Crippen LogP contribution < -0.4 is 4.74 Å². The Labute approximate surface area is 131 Å². The van der Waals surface area contributed by atoms with Crippen molar-refractivity contribution in [3.63, 3.8) is 0 Å². The van der Waals surface area contributed by atoms with Crippen LogP contribution in [0.25, 0.3) is 0 Å². The van der Waals surface area contributed by atoms with Gasteiger partial charge in [-0.3, -0.25) is 9.69 Å². The van der Waals surface area contributed by atoms with Crippen LogP contribution >= 0.6 is 11.6 Å². The Balaban J connectivity index is 2.41. The Morgan fingerprint density at radius 2 is 1.76 bits per heavy atom. The summed E-state index contributed by atoms with van der Waals surface area (Å²) in [5, 5.41) is 0.681. The molecule has 0 aliphatic rings. The third kappa shape index (κ3) is 7.32. The van der Waals surface area contributed by atoms with Crippen molar-refractivity contribution in [2.75, 3.05) is 54.1 Å². The highest BCUT2D eigenvalue weighted by Gasteiger charge is 2.12. The second kappa shape index (κ2) is 9.60. The Morgan fingerprint density at radius 3 is 2.33 bits per heavy atom. The van der Waals surface area contributed by atoms with Crippen LogP contribution in [-0.2, 0) is 9.53 Å². The van der Waals surface area contributed by atoms with E-state index in [4.69, 9.17) is 21.1 Å². The normalized spacial score (nSPS) is 10.7. The Morgan fingerprint density at radius 1 is 1.14 bits per heavy atom. The molecule has 0 radical (unpaired) electrons. The summed E-state index contributed by atoms with van der Waals surface area (Å²) in [6, 6.07) is 7.23. The summed E-state index contributed by atoms with van der Waals surface area (Å²) in [6.45, 7) is 2.81. The van der Waals surface area contributed by atoms with Crippen LogP contribution in [0.5, 0.6) is 5.75 Å². The maximum Gasteiger partial charge on any atom is 0.236 e. The minimum Gasteiger partial charge on any atom is -0.492 e. The number of likely N-dealkylation sites (N-methyl/N-ethyl adjacent to an activating group) is 1. The number of carbonyl (C=O) groups is 1. The lowest BCUT2D eigenvalue weighted by Crippen LogP contribution is -2.40. The number of hydrogen-bond donors (Lipinski definition) is 0. The standard InChI is InChI=1S/C15H23ClN2O3/c1-17(2)15(19)12-18(8-10-20-3)9-11-21-14-6-4-13(16)5-7-14/h4-7H,8-12H2,1-3H3. The molecule has 0 N–H and O–H groups in total. The van der Waals surface area contributed by atoms with Gasteiger partial charge in [0.2, 0.25) is 5.91 Å². The van der Waals surface area contributed by atoms with Crippen LogP contribution in [0.2, 0.25) is 5.02 Å². The van der Waals surface area contributed by atoms with E-state index < -0.39 is 0 Å². The number of ether oxygens (including phenoxy) is 2. The number of benzene rings is 1. The van der Waals surface area contributed by atoms with Crippen molar-refractivity contribution in [2.24, 2.45) is 0 Å². The highest BCUT2D eigenvalue weighted by Crippen LogP contribution is 2.15. The summed E-state index contributed by atoms with van der Waals surface area (Å²) < 4.78 is 10.7. The van der Waals surface area contributed by atoms with Gasteiger partial charge in [-0.15, -0.1) is 0 Å². The average Bonchev–Trinajstić information content (AvgIpc) is 2.46. The summed E-state index contributed by atoms with van der Waals surface area (Å²) in [6.07, 6.45) is 0. The van der Waals surface area contributed by atoms with E-state index in [0.29, 0.717) is 37.9 Å². The Hall–Kier alpha value is -1.30. The zero-order valence-corrected chi connectivity index (χ0v) is 13.6. The number of methoxy groups -OCH3 is 1. The van der Waals surface area contributed by atoms with E-state index in [9.17, 15) is 4.79 Å². The van der Waals surface area contributed by atoms with E-state index in [0.717, 1.165) is 5.75 Å². The Kier molecular flexibility index (Phi) is 8.12. The maximum absolute atomic E-state index is 11.8. The molecule has 0 saturated carbocycles. The van der Waals surface area contributed by atoms with Crippen LogP contribution in [0.1, 0.15) is 0 Å². The van der Waals surface area contributed by atoms with Crippen LogP contribution in [0, 0.1) is 0 Å². The minimum absolute atomic E-state index is 0.0672. The first-order chi connectivity index (χ1) is 10.0. The maximum atomic E-state index is 11.8. The molecule has 0 fully saturated rings. The largest absolute Gasteiger partial charge is 0.492 e. The van der Waals surface area contributed by atoms with Gasteiger partial charge in [0.05, 0.1) is 13.2 Å². The van der Waals surface area contributed by atoms with Crippen LogP contribution in [0.3, 0.4) is 0 Å². The fourth-order valence-electron chi connectivity index (χ4n) is 1.65. The zero-order chi connectivity index (χ0) is 15.7. The molecule has 0 unspecified atom stereocenters. The second-order valence-corrected chi connectivity index (χ2v) is 5.30. The summed E-state index contributed by atoms with van der Waals surface area (Å²) in [5.41, 5.74) is 0. The van der Waals surface area contributed by atoms with Crippen molar-refractivity contribution >= 4 is 17.5 Å². The zero-order valence-electron chi connectivity index (χ0n) is 12.8. The van der Waals surface area contributed by atoms with Gasteiger partial charge in [0, 0.05) is 39.3 Å². The molecule has 0 atom stereocenters. The quantitative estimate of drug-likeness (QED) is 0.696. The van der Waals surface area contributed by atoms with Gasteiger partial charge in [0.15, 0.2) is 0 Å². The van der Waals surface area contributed by atoms with Gasteiger partial charge in [0.25, 0.3) is 0 Å². The first-order valence-electron chi connectivity index (χ1n) is 6.82. The molecule has 0 aliphatic carbocycles. The summed E-state index contributed by atoms with van der Waals surface area (Å²) in [5.74, 6) is 0.836. The number of carbonyl (C=O) groups excluding carboxylic acids is 1. The predicted molar refractivity (Wildman–Crippen MR) is 84.0 cm³/mol. The fourth-order valence-corrected chi connectivity index (χ4v) is 1.77. The van der Waals surface area contributed by atoms with Crippen LogP contribution in [0.15, 0.2) is 24.3 Å². The van der Waals surface area contributed by atoms with Gasteiger partial charge in [-0.05, 0) is 24.3 Å². The minimum atomic E-state index is 0.0672. The molecule has 0 aliphatic heterocycles. The van der Waals surface area contributed by atoms with E-state index in [-0.39, 0.29) is 5.91 Å². The monoisotopic (exact) mass is 314 g/mol. The lowest BCUT2D eigenvalue weighted by molar-refractivity contribution is -0.130. The summed E-state index contributed by atoms with van der Waals surface area (Å²) >= 11 is 5.82. The van der Waals surface area contributed by atoms with Crippen molar-refractivity contribution in [1.82, 2.24) is 9.80 Å². The van der Waals surface area contributed by atoms with Crippen LogP contribution in [-0.4, -0.2) is 69.8 Å². The molecule has 5 nitrogen and oxygen atoms in total. The third-order valence-electron chi connectivity index (χ3n) is 2.96. The lowest BCUT2D eigenvalue weighted by atomic mass is 10.3. The Bertz CT molecular complexity index is 423. The molecule has 0 saturated heterocycles. The van der Waals surface area contributed by atoms with Gasteiger partial charge in [-0.2, -0.15) is 0 Å². The van der Waals surface area contributed by atoms with Crippen molar-refractivity contribution < 1.29 is 14.3 Å². The van der Waals surface area contributed by atoms with Gasteiger partial charge < -0.3 is 14.4 Å². The molecular formula is C15H23ClN2O3. The van der Waals surface area contributed by atoms with Crippen molar-refractivity contribution in [3.05, 3.63) is 29.3 Å². The highest BCUT2D eigenvalue weighted by atomic mass is 35.5. The molecule has 1 aromatic carbocycles. The first-order valence-corrected chi connectivity index (χ1v) is 7.20. The van der Waals surface area contributed by atoms with E-state index >= 15 is 0 Å². The van der Waals surface area contributed by atoms with E-state index in [1.54, 1.807) is 38.2 Å². The average molecular weight is 315 g/mol. The molecule has 0 bridgehead atoms. The number of amides is 1. The van der Waals surface area contributed by atoms with Crippen molar-refractivity contribution in [3.8, 4) is 5.75 Å². The van der Waals surface area contributed by atoms with Gasteiger partial charge in [-0.1, -0.05) is 11.6 Å². The summed E-state index contributed by atoms with van der Waals surface area (Å²) in [4.78, 5) is 15.4. The topological polar surface area (TPSA) is 42.0 Å². The molecule has 118 valence electrons. The molecule has 1 rings (SSSR count). The molecule has 6 heteroatoms. The number of nitrogens with zero attached hydrogens (tertiary/aromatic N) is 2. The molecular weight excluding hydrogens is 292 g/mol. The smallest absolute Gasteiger partial charge is 0.236 e. The van der Waals surface area contributed by atoms with Gasteiger partial charge >= 0.3 is 0 Å². The van der Waals surface area contributed by atoms with E-state index in [2.05, 4.69) is 0 Å². The third-order valence-corrected chi connectivity index (χ3v) is 3.21. The number of halogens is 1. The highest BCUT2D eigenvalue weighted by molar-refractivity contribution is 6.30. The first kappa shape index (κ1) is 17.8. The number of rotatable bonds is 9. The van der Waals surface area contributed by atoms with E-state index in [1.165, 1.54) is 0 Å². The number of hydrogen-bond acceptors (Lipinski definition) is 4. The molecule has 0 aromatic heterocycles.